The van der Waals surface area contributed by atoms with Gasteiger partial charge >= 0.3 is 0 Å². The van der Waals surface area contributed by atoms with E-state index in [4.69, 9.17) is 14.7 Å². The topological polar surface area (TPSA) is 42.2 Å². The van der Waals surface area contributed by atoms with Gasteiger partial charge in [-0.25, -0.2) is 0 Å². The van der Waals surface area contributed by atoms with Crippen LogP contribution in [0.25, 0.3) is 10.8 Å². The van der Waals surface area contributed by atoms with Crippen molar-refractivity contribution in [2.75, 3.05) is 20.3 Å². The van der Waals surface area contributed by atoms with E-state index in [0.717, 1.165) is 16.5 Å². The highest BCUT2D eigenvalue weighted by Gasteiger charge is 2.05. The van der Waals surface area contributed by atoms with E-state index in [-0.39, 0.29) is 0 Å². The van der Waals surface area contributed by atoms with E-state index in [1.54, 1.807) is 13.2 Å². The van der Waals surface area contributed by atoms with Gasteiger partial charge in [-0.2, -0.15) is 5.26 Å². The van der Waals surface area contributed by atoms with Crippen molar-refractivity contribution in [3.8, 4) is 11.8 Å². The smallest absolute Gasteiger partial charge is 0.127 e. The SMILES string of the molecule is COCCOc1ccc(C#N)c2ccccc12. The van der Waals surface area contributed by atoms with Crippen LogP contribution < -0.4 is 4.74 Å². The van der Waals surface area contributed by atoms with Gasteiger partial charge in [0.05, 0.1) is 18.2 Å². The van der Waals surface area contributed by atoms with E-state index in [9.17, 15) is 0 Å². The Kier molecular flexibility index (Phi) is 3.59. The second-order valence-corrected chi connectivity index (χ2v) is 3.61. The van der Waals surface area contributed by atoms with Gasteiger partial charge in [0.15, 0.2) is 0 Å². The summed E-state index contributed by atoms with van der Waals surface area (Å²) in [6.45, 7) is 1.06. The Morgan fingerprint density at radius 1 is 1.06 bits per heavy atom. The minimum absolute atomic E-state index is 0.506. The van der Waals surface area contributed by atoms with Crippen molar-refractivity contribution in [1.82, 2.24) is 0 Å². The summed E-state index contributed by atoms with van der Waals surface area (Å²) in [5.74, 6) is 0.789. The van der Waals surface area contributed by atoms with Gasteiger partial charge in [0.2, 0.25) is 0 Å². The number of fused-ring (bicyclic) bond motifs is 1. The Balaban J connectivity index is 2.41. The van der Waals surface area contributed by atoms with Crippen molar-refractivity contribution in [1.29, 1.82) is 5.26 Å². The van der Waals surface area contributed by atoms with Gasteiger partial charge in [-0.15, -0.1) is 0 Å². The number of ether oxygens (including phenoxy) is 2. The van der Waals surface area contributed by atoms with Crippen molar-refractivity contribution in [2.45, 2.75) is 0 Å². The molecule has 0 amide bonds. The molecule has 2 rings (SSSR count). The van der Waals surface area contributed by atoms with E-state index in [1.807, 2.05) is 30.3 Å². The molecule has 0 heterocycles. The largest absolute Gasteiger partial charge is 0.491 e. The molecule has 0 radical (unpaired) electrons. The first-order chi connectivity index (χ1) is 8.36. The summed E-state index contributed by atoms with van der Waals surface area (Å²) in [7, 11) is 1.64. The fourth-order valence-corrected chi connectivity index (χ4v) is 1.73. The lowest BCUT2D eigenvalue weighted by atomic mass is 10.0. The van der Waals surface area contributed by atoms with Gasteiger partial charge in [-0.3, -0.25) is 0 Å². The van der Waals surface area contributed by atoms with Crippen LogP contribution in [0, 0.1) is 11.3 Å². The molecule has 0 atom stereocenters. The summed E-state index contributed by atoms with van der Waals surface area (Å²) in [6.07, 6.45) is 0. The molecule has 0 bridgehead atoms. The lowest BCUT2D eigenvalue weighted by Crippen LogP contribution is -2.04. The van der Waals surface area contributed by atoms with E-state index < -0.39 is 0 Å². The van der Waals surface area contributed by atoms with Gasteiger partial charge in [0, 0.05) is 17.9 Å². The van der Waals surface area contributed by atoms with Crippen molar-refractivity contribution < 1.29 is 9.47 Å². The Bertz CT molecular complexity index is 558. The molecule has 0 saturated carbocycles. The van der Waals surface area contributed by atoms with Crippen molar-refractivity contribution >= 4 is 10.8 Å². The molecule has 3 nitrogen and oxygen atoms in total. The molecule has 0 aliphatic rings. The number of nitrogens with zero attached hydrogens (tertiary/aromatic N) is 1. The molecule has 0 aromatic heterocycles. The minimum Gasteiger partial charge on any atom is -0.491 e. The molecule has 0 fully saturated rings. The first-order valence-electron chi connectivity index (χ1n) is 5.40. The van der Waals surface area contributed by atoms with Crippen LogP contribution in [0.4, 0.5) is 0 Å². The summed E-state index contributed by atoms with van der Waals surface area (Å²) < 4.78 is 10.6. The van der Waals surface area contributed by atoms with Gasteiger partial charge in [0.25, 0.3) is 0 Å². The molecule has 2 aromatic carbocycles. The van der Waals surface area contributed by atoms with E-state index >= 15 is 0 Å². The predicted molar refractivity (Wildman–Crippen MR) is 66.0 cm³/mol. The molecule has 17 heavy (non-hydrogen) atoms. The molecule has 0 aliphatic heterocycles. The number of hydrogen-bond acceptors (Lipinski definition) is 3. The third-order valence-corrected chi connectivity index (χ3v) is 2.55. The van der Waals surface area contributed by atoms with Crippen LogP contribution >= 0.6 is 0 Å². The zero-order valence-corrected chi connectivity index (χ0v) is 9.64. The van der Waals surface area contributed by atoms with Gasteiger partial charge in [-0.1, -0.05) is 24.3 Å². The Labute approximate surface area is 100 Å². The van der Waals surface area contributed by atoms with Crippen LogP contribution in [0.3, 0.4) is 0 Å². The summed E-state index contributed by atoms with van der Waals surface area (Å²) in [5.41, 5.74) is 0.666. The highest BCUT2D eigenvalue weighted by Crippen LogP contribution is 2.28. The molecule has 86 valence electrons. The average Bonchev–Trinajstić information content (AvgIpc) is 2.39. The predicted octanol–water partition coefficient (Wildman–Crippen LogP) is 2.74. The molecule has 0 saturated heterocycles. The normalized spacial score (nSPS) is 10.1. The van der Waals surface area contributed by atoms with Crippen molar-refractivity contribution in [3.63, 3.8) is 0 Å². The molecule has 0 N–H and O–H groups in total. The number of nitriles is 1. The van der Waals surface area contributed by atoms with Crippen LogP contribution in [0.1, 0.15) is 5.56 Å². The van der Waals surface area contributed by atoms with Crippen molar-refractivity contribution in [3.05, 3.63) is 42.0 Å². The third kappa shape index (κ3) is 2.38. The van der Waals surface area contributed by atoms with E-state index in [0.29, 0.717) is 18.8 Å². The number of hydrogen-bond donors (Lipinski definition) is 0. The molecule has 3 heteroatoms. The highest BCUT2D eigenvalue weighted by molar-refractivity contribution is 5.92. The molecule has 0 spiro atoms. The van der Waals surface area contributed by atoms with Gasteiger partial charge in [-0.05, 0) is 12.1 Å². The summed E-state index contributed by atoms with van der Waals surface area (Å²) in [5, 5.41) is 10.9. The molecule has 0 unspecified atom stereocenters. The number of rotatable bonds is 4. The van der Waals surface area contributed by atoms with E-state index in [2.05, 4.69) is 6.07 Å². The minimum atomic E-state index is 0.506. The second kappa shape index (κ2) is 5.33. The quantitative estimate of drug-likeness (QED) is 0.754. The summed E-state index contributed by atoms with van der Waals surface area (Å²) in [6, 6.07) is 13.5. The van der Waals surface area contributed by atoms with Crippen LogP contribution in [-0.4, -0.2) is 20.3 Å². The fourth-order valence-electron chi connectivity index (χ4n) is 1.73. The molecule has 2 aromatic rings. The maximum absolute atomic E-state index is 9.03. The number of methoxy groups -OCH3 is 1. The van der Waals surface area contributed by atoms with Gasteiger partial charge < -0.3 is 9.47 Å². The van der Waals surface area contributed by atoms with Crippen LogP contribution in [0.15, 0.2) is 36.4 Å². The van der Waals surface area contributed by atoms with Crippen LogP contribution in [-0.2, 0) is 4.74 Å². The first-order valence-corrected chi connectivity index (χ1v) is 5.40. The molecular formula is C14H13NO2. The average molecular weight is 227 g/mol. The maximum atomic E-state index is 9.03. The molecule has 0 aliphatic carbocycles. The van der Waals surface area contributed by atoms with Crippen molar-refractivity contribution in [2.24, 2.45) is 0 Å². The zero-order chi connectivity index (χ0) is 12.1. The van der Waals surface area contributed by atoms with Crippen LogP contribution in [0.5, 0.6) is 5.75 Å². The number of benzene rings is 2. The van der Waals surface area contributed by atoms with E-state index in [1.165, 1.54) is 0 Å². The maximum Gasteiger partial charge on any atom is 0.127 e. The standard InChI is InChI=1S/C14H13NO2/c1-16-8-9-17-14-7-6-11(10-15)12-4-2-3-5-13(12)14/h2-7H,8-9H2,1H3. The Morgan fingerprint density at radius 2 is 1.82 bits per heavy atom. The Hall–Kier alpha value is -2.05. The monoisotopic (exact) mass is 227 g/mol. The highest BCUT2D eigenvalue weighted by atomic mass is 16.5. The summed E-state index contributed by atoms with van der Waals surface area (Å²) in [4.78, 5) is 0. The molecular weight excluding hydrogens is 214 g/mol. The van der Waals surface area contributed by atoms with Crippen LogP contribution in [0.2, 0.25) is 0 Å². The Morgan fingerprint density at radius 3 is 2.53 bits per heavy atom. The zero-order valence-electron chi connectivity index (χ0n) is 9.64. The first kappa shape index (κ1) is 11.4. The lowest BCUT2D eigenvalue weighted by Gasteiger charge is -2.09. The third-order valence-electron chi connectivity index (χ3n) is 2.55. The van der Waals surface area contributed by atoms with Gasteiger partial charge in [0.1, 0.15) is 12.4 Å². The lowest BCUT2D eigenvalue weighted by molar-refractivity contribution is 0.147. The summed E-state index contributed by atoms with van der Waals surface area (Å²) >= 11 is 0. The second-order valence-electron chi connectivity index (χ2n) is 3.61. The fraction of sp³-hybridized carbons (Fsp3) is 0.214.